The lowest BCUT2D eigenvalue weighted by molar-refractivity contribution is -0.387. The normalized spacial score (nSPS) is 19.4. The molecule has 21 heavy (non-hydrogen) atoms. The van der Waals surface area contributed by atoms with Crippen LogP contribution in [-0.2, 0) is 19.6 Å². The number of benzene rings is 1. The molecule has 1 aliphatic heterocycles. The van der Waals surface area contributed by atoms with Crippen LogP contribution in [0.1, 0.15) is 12.8 Å². The summed E-state index contributed by atoms with van der Waals surface area (Å²) in [6.45, 7) is 0.133. The molecule has 1 fully saturated rings. The minimum Gasteiger partial charge on any atom is -0.468 e. The van der Waals surface area contributed by atoms with Crippen molar-refractivity contribution in [1.82, 2.24) is 4.31 Å². The van der Waals surface area contributed by atoms with Gasteiger partial charge in [0.1, 0.15) is 6.04 Å². The molecule has 1 aliphatic rings. The molecule has 1 aromatic carbocycles. The summed E-state index contributed by atoms with van der Waals surface area (Å²) in [5, 5.41) is 11.0. The second kappa shape index (κ2) is 5.78. The van der Waals surface area contributed by atoms with Crippen LogP contribution >= 0.6 is 0 Å². The second-order valence-corrected chi connectivity index (χ2v) is 6.38. The average molecular weight is 314 g/mol. The van der Waals surface area contributed by atoms with Crippen molar-refractivity contribution in [2.75, 3.05) is 13.7 Å². The maximum Gasteiger partial charge on any atom is 0.324 e. The number of sulfonamides is 1. The van der Waals surface area contributed by atoms with Gasteiger partial charge in [0, 0.05) is 12.6 Å². The number of nitrogens with zero attached hydrogens (tertiary/aromatic N) is 2. The Balaban J connectivity index is 2.48. The second-order valence-electron chi connectivity index (χ2n) is 4.52. The van der Waals surface area contributed by atoms with Crippen molar-refractivity contribution in [3.63, 3.8) is 0 Å². The number of carbonyl (C=O) groups is 1. The molecule has 9 heteroatoms. The zero-order valence-corrected chi connectivity index (χ0v) is 12.1. The van der Waals surface area contributed by atoms with E-state index in [9.17, 15) is 23.3 Å². The van der Waals surface area contributed by atoms with Gasteiger partial charge >= 0.3 is 5.97 Å². The van der Waals surface area contributed by atoms with Crippen LogP contribution in [-0.4, -0.2) is 43.3 Å². The van der Waals surface area contributed by atoms with Crippen molar-refractivity contribution in [3.05, 3.63) is 34.4 Å². The average Bonchev–Trinajstić information content (AvgIpc) is 2.96. The van der Waals surface area contributed by atoms with Gasteiger partial charge in [0.15, 0.2) is 4.90 Å². The molecule has 0 amide bonds. The third-order valence-electron chi connectivity index (χ3n) is 3.33. The summed E-state index contributed by atoms with van der Waals surface area (Å²) in [6.07, 6.45) is 0.839. The van der Waals surface area contributed by atoms with Crippen LogP contribution in [0.5, 0.6) is 0 Å². The van der Waals surface area contributed by atoms with E-state index in [1.807, 2.05) is 0 Å². The quantitative estimate of drug-likeness (QED) is 0.464. The van der Waals surface area contributed by atoms with Crippen LogP contribution in [0.3, 0.4) is 0 Å². The number of nitro benzene ring substituents is 1. The van der Waals surface area contributed by atoms with Crippen molar-refractivity contribution >= 4 is 21.7 Å². The fourth-order valence-electron chi connectivity index (χ4n) is 2.35. The molecule has 114 valence electrons. The third-order valence-corrected chi connectivity index (χ3v) is 5.28. The molecule has 0 spiro atoms. The summed E-state index contributed by atoms with van der Waals surface area (Å²) in [5.41, 5.74) is -0.506. The topological polar surface area (TPSA) is 107 Å². The lowest BCUT2D eigenvalue weighted by atomic mass is 10.2. The molecule has 0 aromatic heterocycles. The van der Waals surface area contributed by atoms with Gasteiger partial charge in [0.2, 0.25) is 0 Å². The monoisotopic (exact) mass is 314 g/mol. The Morgan fingerprint density at radius 1 is 1.43 bits per heavy atom. The van der Waals surface area contributed by atoms with Gasteiger partial charge in [-0.3, -0.25) is 14.9 Å². The molecule has 0 unspecified atom stereocenters. The summed E-state index contributed by atoms with van der Waals surface area (Å²) in [7, 11) is -2.95. The summed E-state index contributed by atoms with van der Waals surface area (Å²) in [5.74, 6) is -0.658. The zero-order chi connectivity index (χ0) is 15.6. The predicted molar refractivity (Wildman–Crippen MR) is 72.0 cm³/mol. The SMILES string of the molecule is COC(=O)[C@H]1CCCN1S(=O)(=O)c1ccccc1[N+](=O)[O-]. The number of rotatable bonds is 4. The van der Waals surface area contributed by atoms with E-state index in [0.29, 0.717) is 12.8 Å². The molecule has 1 aromatic rings. The van der Waals surface area contributed by atoms with E-state index in [1.54, 1.807) is 0 Å². The van der Waals surface area contributed by atoms with Crippen LogP contribution in [0.2, 0.25) is 0 Å². The molecule has 8 nitrogen and oxygen atoms in total. The number of hydrogen-bond donors (Lipinski definition) is 0. The van der Waals surface area contributed by atoms with Crippen molar-refractivity contribution in [2.24, 2.45) is 0 Å². The van der Waals surface area contributed by atoms with Gasteiger partial charge in [0.05, 0.1) is 12.0 Å². The number of esters is 1. The molecule has 1 atom stereocenters. The lowest BCUT2D eigenvalue weighted by Crippen LogP contribution is -2.41. The highest BCUT2D eigenvalue weighted by atomic mass is 32.2. The van der Waals surface area contributed by atoms with Gasteiger partial charge in [-0.1, -0.05) is 12.1 Å². The smallest absolute Gasteiger partial charge is 0.324 e. The molecule has 0 radical (unpaired) electrons. The highest BCUT2D eigenvalue weighted by Gasteiger charge is 2.42. The van der Waals surface area contributed by atoms with E-state index in [0.717, 1.165) is 10.4 Å². The zero-order valence-electron chi connectivity index (χ0n) is 11.3. The lowest BCUT2D eigenvalue weighted by Gasteiger charge is -2.21. The molecule has 2 rings (SSSR count). The first-order valence-electron chi connectivity index (χ1n) is 6.22. The number of hydrogen-bond acceptors (Lipinski definition) is 6. The standard InChI is InChI=1S/C12H14N2O6S/c1-20-12(15)10-6-4-8-13(10)21(18,19)11-7-3-2-5-9(11)14(16)17/h2-3,5,7,10H,4,6,8H2,1H3/t10-/m1/s1. The number of para-hydroxylation sites is 1. The highest BCUT2D eigenvalue weighted by Crippen LogP contribution is 2.31. The molecule has 0 bridgehead atoms. The maximum absolute atomic E-state index is 12.6. The van der Waals surface area contributed by atoms with E-state index in [-0.39, 0.29) is 6.54 Å². The van der Waals surface area contributed by atoms with E-state index in [4.69, 9.17) is 0 Å². The molecular weight excluding hydrogens is 300 g/mol. The van der Waals surface area contributed by atoms with E-state index in [1.165, 1.54) is 25.3 Å². The fraction of sp³-hybridized carbons (Fsp3) is 0.417. The molecular formula is C12H14N2O6S. The van der Waals surface area contributed by atoms with Gasteiger partial charge in [-0.25, -0.2) is 8.42 Å². The number of carbonyl (C=O) groups excluding carboxylic acids is 1. The summed E-state index contributed by atoms with van der Waals surface area (Å²) < 4.78 is 30.8. The molecule has 1 saturated heterocycles. The molecule has 1 heterocycles. The summed E-state index contributed by atoms with van der Waals surface area (Å²) in [6, 6.07) is 4.15. The number of ether oxygens (including phenoxy) is 1. The summed E-state index contributed by atoms with van der Waals surface area (Å²) in [4.78, 5) is 21.5. The van der Waals surface area contributed by atoms with Crippen LogP contribution in [0.4, 0.5) is 5.69 Å². The Kier molecular flexibility index (Phi) is 4.24. The molecule has 0 N–H and O–H groups in total. The van der Waals surface area contributed by atoms with Gasteiger partial charge < -0.3 is 4.74 Å². The first-order valence-corrected chi connectivity index (χ1v) is 7.66. The van der Waals surface area contributed by atoms with Gasteiger partial charge in [-0.2, -0.15) is 4.31 Å². The first kappa shape index (κ1) is 15.4. The Morgan fingerprint density at radius 2 is 2.10 bits per heavy atom. The minimum absolute atomic E-state index is 0.133. The maximum atomic E-state index is 12.6. The van der Waals surface area contributed by atoms with Gasteiger partial charge in [0.25, 0.3) is 15.7 Å². The Labute approximate surface area is 121 Å². The van der Waals surface area contributed by atoms with E-state index >= 15 is 0 Å². The number of methoxy groups -OCH3 is 1. The Morgan fingerprint density at radius 3 is 2.71 bits per heavy atom. The van der Waals surface area contributed by atoms with Crippen LogP contribution in [0, 0.1) is 10.1 Å². The summed E-state index contributed by atoms with van der Waals surface area (Å²) >= 11 is 0. The van der Waals surface area contributed by atoms with Crippen LogP contribution in [0.25, 0.3) is 0 Å². The molecule has 0 aliphatic carbocycles. The van der Waals surface area contributed by atoms with Gasteiger partial charge in [-0.15, -0.1) is 0 Å². The van der Waals surface area contributed by atoms with E-state index in [2.05, 4.69) is 4.74 Å². The third kappa shape index (κ3) is 2.74. The minimum atomic E-state index is -4.13. The van der Waals surface area contributed by atoms with Gasteiger partial charge in [-0.05, 0) is 18.9 Å². The molecule has 0 saturated carbocycles. The van der Waals surface area contributed by atoms with Crippen molar-refractivity contribution in [1.29, 1.82) is 0 Å². The number of nitro groups is 1. The van der Waals surface area contributed by atoms with Crippen LogP contribution < -0.4 is 0 Å². The van der Waals surface area contributed by atoms with Crippen molar-refractivity contribution in [3.8, 4) is 0 Å². The van der Waals surface area contributed by atoms with Crippen molar-refractivity contribution < 1.29 is 22.9 Å². The van der Waals surface area contributed by atoms with Crippen molar-refractivity contribution in [2.45, 2.75) is 23.8 Å². The van der Waals surface area contributed by atoms with E-state index < -0.39 is 37.5 Å². The Hall–Kier alpha value is -2.00. The Bertz CT molecular complexity index is 672. The largest absolute Gasteiger partial charge is 0.468 e. The highest BCUT2D eigenvalue weighted by molar-refractivity contribution is 7.89. The first-order chi connectivity index (χ1) is 9.89. The van der Waals surface area contributed by atoms with Crippen LogP contribution in [0.15, 0.2) is 29.2 Å². The fourth-order valence-corrected chi connectivity index (χ4v) is 4.16. The predicted octanol–water partition coefficient (Wildman–Crippen LogP) is 0.921.